The van der Waals surface area contributed by atoms with Gasteiger partial charge in [-0.2, -0.15) is 13.2 Å². The number of alkyl halides is 3. The molecule has 2 nitrogen and oxygen atoms in total. The fraction of sp³-hybridized carbons (Fsp3) is 0.533. The summed E-state index contributed by atoms with van der Waals surface area (Å²) in [5, 5.41) is 0. The van der Waals surface area contributed by atoms with Crippen molar-refractivity contribution in [1.29, 1.82) is 0 Å². The fourth-order valence-corrected chi connectivity index (χ4v) is 2.12. The topological polar surface area (TPSA) is 20.3 Å². The molecule has 1 aromatic rings. The van der Waals surface area contributed by atoms with E-state index in [9.17, 15) is 18.0 Å². The van der Waals surface area contributed by atoms with Crippen LogP contribution in [0.25, 0.3) is 0 Å². The molecule has 0 unspecified atom stereocenters. The quantitative estimate of drug-likeness (QED) is 0.710. The van der Waals surface area contributed by atoms with Crippen LogP contribution in [-0.2, 0) is 0 Å². The summed E-state index contributed by atoms with van der Waals surface area (Å²) in [6.45, 7) is 3.18. The lowest BCUT2D eigenvalue weighted by Gasteiger charge is -2.22. The van der Waals surface area contributed by atoms with Gasteiger partial charge in [-0.15, -0.1) is 0 Å². The highest BCUT2D eigenvalue weighted by atomic mass is 19.4. The Labute approximate surface area is 117 Å². The molecule has 0 radical (unpaired) electrons. The largest absolute Gasteiger partial charge is 0.401 e. The molecule has 5 heteroatoms. The van der Waals surface area contributed by atoms with E-state index in [0.29, 0.717) is 18.5 Å². The number of Topliss-reactive ketones (excluding diaryl/α,β-unsaturated/α-hetero) is 1. The Balaban J connectivity index is 2.59. The summed E-state index contributed by atoms with van der Waals surface area (Å²) < 4.78 is 37.2. The van der Waals surface area contributed by atoms with Gasteiger partial charge in [-0.05, 0) is 25.5 Å². The van der Waals surface area contributed by atoms with E-state index in [4.69, 9.17) is 0 Å². The van der Waals surface area contributed by atoms with E-state index in [2.05, 4.69) is 0 Å². The van der Waals surface area contributed by atoms with Crippen LogP contribution in [0.3, 0.4) is 0 Å². The van der Waals surface area contributed by atoms with Gasteiger partial charge in [-0.1, -0.05) is 31.2 Å². The Hall–Kier alpha value is -1.36. The number of aryl methyl sites for hydroxylation is 1. The minimum Gasteiger partial charge on any atom is -0.295 e. The van der Waals surface area contributed by atoms with Crippen LogP contribution in [0.15, 0.2) is 24.3 Å². The first kappa shape index (κ1) is 16.7. The van der Waals surface area contributed by atoms with Crippen LogP contribution in [0.4, 0.5) is 13.2 Å². The van der Waals surface area contributed by atoms with Crippen molar-refractivity contribution >= 4 is 5.78 Å². The minimum atomic E-state index is -4.22. The highest BCUT2D eigenvalue weighted by molar-refractivity contribution is 5.97. The third-order valence-electron chi connectivity index (χ3n) is 3.04. The summed E-state index contributed by atoms with van der Waals surface area (Å²) in [4.78, 5) is 13.3. The van der Waals surface area contributed by atoms with E-state index >= 15 is 0 Å². The van der Waals surface area contributed by atoms with E-state index in [1.54, 1.807) is 12.1 Å². The Morgan fingerprint density at radius 3 is 2.40 bits per heavy atom. The number of carbonyl (C=O) groups is 1. The van der Waals surface area contributed by atoms with Gasteiger partial charge in [0.15, 0.2) is 5.78 Å². The zero-order valence-corrected chi connectivity index (χ0v) is 11.8. The van der Waals surface area contributed by atoms with Crippen molar-refractivity contribution in [3.63, 3.8) is 0 Å². The van der Waals surface area contributed by atoms with Gasteiger partial charge in [0.1, 0.15) is 0 Å². The summed E-state index contributed by atoms with van der Waals surface area (Å²) in [5.41, 5.74) is 1.45. The lowest BCUT2D eigenvalue weighted by Crippen LogP contribution is -2.36. The predicted octanol–water partition coefficient (Wildman–Crippen LogP) is 3.84. The number of nitrogens with zero attached hydrogens (tertiary/aromatic N) is 1. The van der Waals surface area contributed by atoms with Crippen molar-refractivity contribution in [2.45, 2.75) is 32.9 Å². The van der Waals surface area contributed by atoms with Crippen LogP contribution in [0, 0.1) is 6.92 Å². The van der Waals surface area contributed by atoms with Crippen molar-refractivity contribution in [2.75, 3.05) is 19.6 Å². The number of hydrogen-bond donors (Lipinski definition) is 0. The van der Waals surface area contributed by atoms with Gasteiger partial charge < -0.3 is 0 Å². The van der Waals surface area contributed by atoms with Gasteiger partial charge in [-0.25, -0.2) is 0 Å². The monoisotopic (exact) mass is 287 g/mol. The van der Waals surface area contributed by atoms with Crippen LogP contribution < -0.4 is 0 Å². The van der Waals surface area contributed by atoms with Crippen LogP contribution in [-0.4, -0.2) is 36.5 Å². The molecule has 20 heavy (non-hydrogen) atoms. The average Bonchev–Trinajstić information content (AvgIpc) is 2.34. The van der Waals surface area contributed by atoms with E-state index in [0.717, 1.165) is 5.56 Å². The maximum absolute atomic E-state index is 12.4. The molecule has 0 saturated carbocycles. The van der Waals surface area contributed by atoms with Crippen molar-refractivity contribution in [3.05, 3.63) is 35.4 Å². The van der Waals surface area contributed by atoms with Gasteiger partial charge in [0.05, 0.1) is 6.54 Å². The fourth-order valence-electron chi connectivity index (χ4n) is 2.12. The Kier molecular flexibility index (Phi) is 6.20. The number of ketones is 1. The number of rotatable bonds is 7. The summed E-state index contributed by atoms with van der Waals surface area (Å²) in [6.07, 6.45) is -3.48. The second kappa shape index (κ2) is 7.43. The number of halogens is 3. The number of benzene rings is 1. The van der Waals surface area contributed by atoms with Crippen LogP contribution in [0.1, 0.15) is 35.7 Å². The maximum atomic E-state index is 12.4. The van der Waals surface area contributed by atoms with Crippen LogP contribution in [0.5, 0.6) is 0 Å². The molecular formula is C15H20F3NO. The standard InChI is InChI=1S/C15H20F3NO/c1-3-9-19(11-15(16,17)18)10-8-14(20)13-7-5-4-6-12(13)2/h4-7H,3,8-11H2,1-2H3. The molecule has 0 heterocycles. The molecule has 0 N–H and O–H groups in total. The summed E-state index contributed by atoms with van der Waals surface area (Å²) in [6, 6.07) is 7.14. The van der Waals surface area contributed by atoms with E-state index < -0.39 is 12.7 Å². The normalized spacial score (nSPS) is 11.9. The molecule has 0 bridgehead atoms. The number of carbonyl (C=O) groups excluding carboxylic acids is 1. The van der Waals surface area contributed by atoms with Gasteiger partial charge in [0.2, 0.25) is 0 Å². The molecule has 0 spiro atoms. The molecule has 0 aromatic heterocycles. The summed E-state index contributed by atoms with van der Waals surface area (Å²) in [7, 11) is 0. The first-order valence-corrected chi connectivity index (χ1v) is 6.71. The van der Waals surface area contributed by atoms with Crippen molar-refractivity contribution < 1.29 is 18.0 Å². The van der Waals surface area contributed by atoms with Gasteiger partial charge >= 0.3 is 6.18 Å². The third kappa shape index (κ3) is 5.74. The number of hydrogen-bond acceptors (Lipinski definition) is 2. The molecule has 0 aliphatic heterocycles. The van der Waals surface area contributed by atoms with Crippen LogP contribution >= 0.6 is 0 Å². The molecule has 0 aliphatic rings. The second-order valence-electron chi connectivity index (χ2n) is 4.88. The smallest absolute Gasteiger partial charge is 0.295 e. The first-order valence-electron chi connectivity index (χ1n) is 6.71. The van der Waals surface area contributed by atoms with Gasteiger partial charge in [0, 0.05) is 18.5 Å². The first-order chi connectivity index (χ1) is 9.33. The Morgan fingerprint density at radius 2 is 1.85 bits per heavy atom. The third-order valence-corrected chi connectivity index (χ3v) is 3.04. The van der Waals surface area contributed by atoms with E-state index in [1.807, 2.05) is 26.0 Å². The molecule has 1 rings (SSSR count). The lowest BCUT2D eigenvalue weighted by molar-refractivity contribution is -0.145. The van der Waals surface area contributed by atoms with Crippen molar-refractivity contribution in [2.24, 2.45) is 0 Å². The average molecular weight is 287 g/mol. The minimum absolute atomic E-state index is 0.105. The zero-order valence-electron chi connectivity index (χ0n) is 11.8. The Morgan fingerprint density at radius 1 is 1.20 bits per heavy atom. The molecular weight excluding hydrogens is 267 g/mol. The highest BCUT2D eigenvalue weighted by Crippen LogP contribution is 2.17. The molecule has 0 atom stereocenters. The zero-order chi connectivity index (χ0) is 15.2. The lowest BCUT2D eigenvalue weighted by atomic mass is 10.0. The predicted molar refractivity (Wildman–Crippen MR) is 72.9 cm³/mol. The van der Waals surface area contributed by atoms with Crippen molar-refractivity contribution in [3.8, 4) is 0 Å². The molecule has 0 fully saturated rings. The van der Waals surface area contributed by atoms with Crippen LogP contribution in [0.2, 0.25) is 0 Å². The summed E-state index contributed by atoms with van der Waals surface area (Å²) in [5.74, 6) is -0.105. The summed E-state index contributed by atoms with van der Waals surface area (Å²) >= 11 is 0. The van der Waals surface area contributed by atoms with E-state index in [1.165, 1.54) is 4.90 Å². The Bertz CT molecular complexity index is 443. The van der Waals surface area contributed by atoms with Crippen molar-refractivity contribution in [1.82, 2.24) is 4.90 Å². The van der Waals surface area contributed by atoms with Gasteiger partial charge in [0.25, 0.3) is 0 Å². The molecule has 0 aliphatic carbocycles. The molecule has 0 amide bonds. The second-order valence-corrected chi connectivity index (χ2v) is 4.88. The van der Waals surface area contributed by atoms with E-state index in [-0.39, 0.29) is 18.7 Å². The molecule has 1 aromatic carbocycles. The highest BCUT2D eigenvalue weighted by Gasteiger charge is 2.30. The SMILES string of the molecule is CCCN(CCC(=O)c1ccccc1C)CC(F)(F)F. The van der Waals surface area contributed by atoms with Gasteiger partial charge in [-0.3, -0.25) is 9.69 Å². The molecule has 112 valence electrons. The maximum Gasteiger partial charge on any atom is 0.401 e. The molecule has 0 saturated heterocycles.